The topological polar surface area (TPSA) is 69.6 Å². The number of aliphatic carboxylic acids is 1. The van der Waals surface area contributed by atoms with E-state index in [1.54, 1.807) is 11.9 Å². The Labute approximate surface area is 96.8 Å². The van der Waals surface area contributed by atoms with Gasteiger partial charge in [-0.1, -0.05) is 13.3 Å². The number of carboxylic acids is 1. The van der Waals surface area contributed by atoms with E-state index in [0.29, 0.717) is 6.54 Å². The van der Waals surface area contributed by atoms with E-state index in [9.17, 15) is 9.59 Å². The molecule has 0 saturated carbocycles. The summed E-state index contributed by atoms with van der Waals surface area (Å²) in [6.07, 6.45) is 0.847. The lowest BCUT2D eigenvalue weighted by molar-refractivity contribution is -0.138. The van der Waals surface area contributed by atoms with E-state index in [1.807, 2.05) is 20.8 Å². The van der Waals surface area contributed by atoms with Gasteiger partial charge in [0.1, 0.15) is 0 Å². The van der Waals surface area contributed by atoms with Crippen LogP contribution in [0.4, 0.5) is 4.79 Å². The van der Waals surface area contributed by atoms with Crippen LogP contribution in [-0.4, -0.2) is 41.6 Å². The Morgan fingerprint density at radius 2 is 1.94 bits per heavy atom. The first kappa shape index (κ1) is 14.7. The largest absolute Gasteiger partial charge is 0.481 e. The molecule has 0 aliphatic rings. The van der Waals surface area contributed by atoms with E-state index < -0.39 is 5.97 Å². The highest BCUT2D eigenvalue weighted by atomic mass is 16.4. The zero-order chi connectivity index (χ0) is 12.7. The monoisotopic (exact) mass is 230 g/mol. The first-order chi connectivity index (χ1) is 7.38. The molecule has 5 heteroatoms. The van der Waals surface area contributed by atoms with Crippen LogP contribution in [0.2, 0.25) is 0 Å². The summed E-state index contributed by atoms with van der Waals surface area (Å²) in [5.41, 5.74) is 0. The Balaban J connectivity index is 4.01. The molecular weight excluding hydrogens is 208 g/mol. The summed E-state index contributed by atoms with van der Waals surface area (Å²) in [7, 11) is 1.72. The minimum absolute atomic E-state index is 0.00186. The molecule has 0 bridgehead atoms. The van der Waals surface area contributed by atoms with Gasteiger partial charge in [0.15, 0.2) is 0 Å². The van der Waals surface area contributed by atoms with Gasteiger partial charge >= 0.3 is 12.0 Å². The lowest BCUT2D eigenvalue weighted by Crippen LogP contribution is -2.43. The highest BCUT2D eigenvalue weighted by Crippen LogP contribution is 2.06. The van der Waals surface area contributed by atoms with Crippen molar-refractivity contribution >= 4 is 12.0 Å². The normalized spacial score (nSPS) is 12.3. The van der Waals surface area contributed by atoms with Gasteiger partial charge in [0.25, 0.3) is 0 Å². The Morgan fingerprint density at radius 1 is 1.38 bits per heavy atom. The molecule has 0 spiro atoms. The number of hydrogen-bond acceptors (Lipinski definition) is 2. The maximum absolute atomic E-state index is 11.6. The summed E-state index contributed by atoms with van der Waals surface area (Å²) < 4.78 is 0. The van der Waals surface area contributed by atoms with Crippen molar-refractivity contribution in [3.05, 3.63) is 0 Å². The van der Waals surface area contributed by atoms with Crippen molar-refractivity contribution in [3.8, 4) is 0 Å². The third-order valence-corrected chi connectivity index (χ3v) is 2.68. The number of nitrogens with zero attached hydrogens (tertiary/aromatic N) is 1. The van der Waals surface area contributed by atoms with Crippen LogP contribution >= 0.6 is 0 Å². The molecule has 0 aromatic carbocycles. The molecule has 0 aromatic rings. The predicted molar refractivity (Wildman–Crippen MR) is 62.3 cm³/mol. The second kappa shape index (κ2) is 7.09. The fourth-order valence-corrected chi connectivity index (χ4v) is 1.20. The molecular formula is C11H22N2O3. The second-order valence-corrected chi connectivity index (χ2v) is 4.26. The number of urea groups is 1. The van der Waals surface area contributed by atoms with Gasteiger partial charge < -0.3 is 15.3 Å². The van der Waals surface area contributed by atoms with E-state index in [4.69, 9.17) is 5.11 Å². The molecule has 2 N–H and O–H groups in total. The number of carboxylic acid groups (broad SMARTS) is 1. The number of rotatable bonds is 6. The fourth-order valence-electron chi connectivity index (χ4n) is 1.20. The van der Waals surface area contributed by atoms with Crippen molar-refractivity contribution in [3.63, 3.8) is 0 Å². The first-order valence-corrected chi connectivity index (χ1v) is 5.60. The van der Waals surface area contributed by atoms with Crippen LogP contribution in [0.25, 0.3) is 0 Å². The van der Waals surface area contributed by atoms with Gasteiger partial charge in [-0.2, -0.15) is 0 Å². The van der Waals surface area contributed by atoms with E-state index in [1.165, 1.54) is 0 Å². The number of nitrogens with one attached hydrogen (secondary N) is 1. The van der Waals surface area contributed by atoms with Gasteiger partial charge in [-0.15, -0.1) is 0 Å². The third kappa shape index (κ3) is 5.58. The average molecular weight is 230 g/mol. The van der Waals surface area contributed by atoms with Crippen molar-refractivity contribution in [2.24, 2.45) is 5.92 Å². The maximum Gasteiger partial charge on any atom is 0.317 e. The molecule has 16 heavy (non-hydrogen) atoms. The number of hydrogen-bond donors (Lipinski definition) is 2. The summed E-state index contributed by atoms with van der Waals surface area (Å²) in [5, 5.41) is 11.4. The van der Waals surface area contributed by atoms with Gasteiger partial charge in [-0.05, 0) is 19.8 Å². The van der Waals surface area contributed by atoms with E-state index in [-0.39, 0.29) is 24.4 Å². The van der Waals surface area contributed by atoms with Crippen molar-refractivity contribution in [2.75, 3.05) is 13.6 Å². The van der Waals surface area contributed by atoms with E-state index in [0.717, 1.165) is 6.42 Å². The summed E-state index contributed by atoms with van der Waals surface area (Å²) in [4.78, 5) is 23.7. The molecule has 0 aromatic heterocycles. The van der Waals surface area contributed by atoms with Crippen LogP contribution in [0, 0.1) is 5.92 Å². The van der Waals surface area contributed by atoms with Crippen molar-refractivity contribution < 1.29 is 14.7 Å². The molecule has 0 fully saturated rings. The van der Waals surface area contributed by atoms with Crippen LogP contribution < -0.4 is 5.32 Å². The molecule has 0 saturated heterocycles. The van der Waals surface area contributed by atoms with Gasteiger partial charge in [0, 0.05) is 26.1 Å². The highest BCUT2D eigenvalue weighted by Gasteiger charge is 2.15. The van der Waals surface area contributed by atoms with Crippen molar-refractivity contribution in [2.45, 2.75) is 39.7 Å². The number of carbonyl (C=O) groups excluding carboxylic acids is 1. The molecule has 94 valence electrons. The van der Waals surface area contributed by atoms with Crippen LogP contribution in [0.1, 0.15) is 33.6 Å². The summed E-state index contributed by atoms with van der Waals surface area (Å²) >= 11 is 0. The standard InChI is InChI=1S/C11H22N2O3/c1-5-9(6-10(14)15)7-12-11(16)13(4)8(2)3/h8-9H,5-7H2,1-4H3,(H,12,16)(H,14,15). The Hall–Kier alpha value is -1.26. The van der Waals surface area contributed by atoms with Crippen molar-refractivity contribution in [1.82, 2.24) is 10.2 Å². The summed E-state index contributed by atoms with van der Waals surface area (Å²) in [5.74, 6) is -0.819. The van der Waals surface area contributed by atoms with Crippen LogP contribution in [0.3, 0.4) is 0 Å². The number of amides is 2. The van der Waals surface area contributed by atoms with Gasteiger partial charge in [-0.3, -0.25) is 4.79 Å². The SMILES string of the molecule is CCC(CNC(=O)N(C)C(C)C)CC(=O)O. The maximum atomic E-state index is 11.6. The van der Waals surface area contributed by atoms with Crippen molar-refractivity contribution in [1.29, 1.82) is 0 Å². The Kier molecular flexibility index (Phi) is 6.53. The average Bonchev–Trinajstić information content (AvgIpc) is 2.21. The lowest BCUT2D eigenvalue weighted by atomic mass is 10.0. The quantitative estimate of drug-likeness (QED) is 0.727. The minimum Gasteiger partial charge on any atom is -0.481 e. The summed E-state index contributed by atoms with van der Waals surface area (Å²) in [6, 6.07) is -0.0154. The smallest absolute Gasteiger partial charge is 0.317 e. The molecule has 0 radical (unpaired) electrons. The highest BCUT2D eigenvalue weighted by molar-refractivity contribution is 5.74. The van der Waals surface area contributed by atoms with Gasteiger partial charge in [-0.25, -0.2) is 4.79 Å². The zero-order valence-corrected chi connectivity index (χ0v) is 10.5. The molecule has 5 nitrogen and oxygen atoms in total. The second-order valence-electron chi connectivity index (χ2n) is 4.26. The molecule has 0 heterocycles. The van der Waals surface area contributed by atoms with E-state index in [2.05, 4.69) is 5.32 Å². The van der Waals surface area contributed by atoms with Crippen LogP contribution in [0.15, 0.2) is 0 Å². The minimum atomic E-state index is -0.821. The molecule has 0 aliphatic carbocycles. The molecule has 0 aliphatic heterocycles. The van der Waals surface area contributed by atoms with E-state index >= 15 is 0 Å². The lowest BCUT2D eigenvalue weighted by Gasteiger charge is -2.23. The van der Waals surface area contributed by atoms with Gasteiger partial charge in [0.2, 0.25) is 0 Å². The Bertz CT molecular complexity index is 241. The molecule has 2 amide bonds. The Morgan fingerprint density at radius 3 is 2.31 bits per heavy atom. The summed E-state index contributed by atoms with van der Waals surface area (Å²) in [6.45, 7) is 6.19. The molecule has 1 atom stereocenters. The van der Waals surface area contributed by atoms with Gasteiger partial charge in [0.05, 0.1) is 0 Å². The zero-order valence-electron chi connectivity index (χ0n) is 10.5. The number of carbonyl (C=O) groups is 2. The van der Waals surface area contributed by atoms with Crippen LogP contribution in [-0.2, 0) is 4.79 Å². The first-order valence-electron chi connectivity index (χ1n) is 5.60. The molecule has 1 unspecified atom stereocenters. The third-order valence-electron chi connectivity index (χ3n) is 2.68. The molecule has 0 rings (SSSR count). The van der Waals surface area contributed by atoms with Crippen LogP contribution in [0.5, 0.6) is 0 Å². The fraction of sp³-hybridized carbons (Fsp3) is 0.818. The predicted octanol–water partition coefficient (Wildman–Crippen LogP) is 1.54.